The van der Waals surface area contributed by atoms with Crippen LogP contribution in [0.1, 0.15) is 39.6 Å². The van der Waals surface area contributed by atoms with Crippen LogP contribution >= 0.6 is 0 Å². The highest BCUT2D eigenvalue weighted by Crippen LogP contribution is 2.32. The minimum Gasteiger partial charge on any atom is -0.366 e. The Balaban J connectivity index is 1.50. The van der Waals surface area contributed by atoms with Gasteiger partial charge in [-0.2, -0.15) is 0 Å². The first-order valence-corrected chi connectivity index (χ1v) is 9.44. The van der Waals surface area contributed by atoms with E-state index in [0.717, 1.165) is 28.6 Å². The van der Waals surface area contributed by atoms with Crippen molar-refractivity contribution in [2.24, 2.45) is 5.73 Å². The standard InChI is InChI=1S/C22H22F2N4O/c1-13-2-5-16(21(25)29)10-18(13)22-27-26-20-9-4-14(12-28(20)22)3-6-15-7-8-17(23)11-19(15)24/h2,4-5,7-11,22,26-27H,3,6,12H2,1H3,(H2,25,29). The fraction of sp³-hybridized carbons (Fsp3) is 0.227. The Morgan fingerprint density at radius 2 is 2.00 bits per heavy atom. The number of hydrazine groups is 1. The molecule has 2 aliphatic heterocycles. The molecule has 1 atom stereocenters. The quantitative estimate of drug-likeness (QED) is 0.726. The van der Waals surface area contributed by atoms with Crippen LogP contribution in [0.4, 0.5) is 8.78 Å². The molecule has 2 aromatic carbocycles. The molecule has 0 saturated carbocycles. The van der Waals surface area contributed by atoms with Crippen molar-refractivity contribution in [3.63, 3.8) is 0 Å². The van der Waals surface area contributed by atoms with Gasteiger partial charge in [-0.3, -0.25) is 4.79 Å². The molecule has 1 saturated heterocycles. The van der Waals surface area contributed by atoms with E-state index in [4.69, 9.17) is 5.73 Å². The second-order valence-electron chi connectivity index (χ2n) is 7.35. The number of halogens is 2. The van der Waals surface area contributed by atoms with Gasteiger partial charge in [-0.05, 0) is 60.7 Å². The van der Waals surface area contributed by atoms with E-state index in [1.807, 2.05) is 31.2 Å². The van der Waals surface area contributed by atoms with Gasteiger partial charge in [0, 0.05) is 18.2 Å². The third-order valence-corrected chi connectivity index (χ3v) is 5.40. The Bertz CT molecular complexity index is 1030. The number of hydrogen-bond donors (Lipinski definition) is 3. The van der Waals surface area contributed by atoms with Crippen molar-refractivity contribution in [1.82, 2.24) is 15.8 Å². The van der Waals surface area contributed by atoms with E-state index in [0.29, 0.717) is 30.5 Å². The number of aryl methyl sites for hydroxylation is 2. The molecule has 0 spiro atoms. The van der Waals surface area contributed by atoms with E-state index in [2.05, 4.69) is 15.8 Å². The predicted octanol–water partition coefficient (Wildman–Crippen LogP) is 3.19. The second kappa shape index (κ2) is 7.67. The number of carbonyl (C=O) groups is 1. The van der Waals surface area contributed by atoms with Gasteiger partial charge < -0.3 is 16.1 Å². The SMILES string of the molecule is Cc1ccc(C(N)=O)cc1C1NNC2=CC=C(CCc3ccc(F)cc3F)CN21. The smallest absolute Gasteiger partial charge is 0.248 e. The number of primary amides is 1. The Hall–Kier alpha value is -3.19. The number of carbonyl (C=O) groups excluding carboxylic acids is 1. The van der Waals surface area contributed by atoms with Gasteiger partial charge in [-0.25, -0.2) is 14.2 Å². The van der Waals surface area contributed by atoms with Crippen LogP contribution in [-0.4, -0.2) is 17.4 Å². The maximum absolute atomic E-state index is 13.9. The Labute approximate surface area is 167 Å². The number of nitrogens with zero attached hydrogens (tertiary/aromatic N) is 1. The summed E-state index contributed by atoms with van der Waals surface area (Å²) in [6.07, 6.45) is 5.00. The number of fused-ring (bicyclic) bond motifs is 1. The average molecular weight is 396 g/mol. The van der Waals surface area contributed by atoms with Crippen LogP contribution in [0.3, 0.4) is 0 Å². The van der Waals surface area contributed by atoms with Crippen LogP contribution in [0.5, 0.6) is 0 Å². The molecule has 5 nitrogen and oxygen atoms in total. The summed E-state index contributed by atoms with van der Waals surface area (Å²) in [5, 5.41) is 0. The summed E-state index contributed by atoms with van der Waals surface area (Å²) in [6, 6.07) is 9.11. The topological polar surface area (TPSA) is 70.4 Å². The van der Waals surface area contributed by atoms with E-state index in [-0.39, 0.29) is 6.17 Å². The maximum atomic E-state index is 13.9. The molecule has 1 fully saturated rings. The summed E-state index contributed by atoms with van der Waals surface area (Å²) in [4.78, 5) is 13.7. The van der Waals surface area contributed by atoms with Gasteiger partial charge in [-0.15, -0.1) is 0 Å². The molecule has 2 aromatic rings. The average Bonchev–Trinajstić information content (AvgIpc) is 3.10. The van der Waals surface area contributed by atoms with Crippen LogP contribution in [0.25, 0.3) is 0 Å². The zero-order valence-electron chi connectivity index (χ0n) is 16.0. The summed E-state index contributed by atoms with van der Waals surface area (Å²) in [5.41, 5.74) is 16.0. The van der Waals surface area contributed by atoms with Crippen LogP contribution in [0.2, 0.25) is 0 Å². The lowest BCUT2D eigenvalue weighted by Crippen LogP contribution is -2.31. The second-order valence-corrected chi connectivity index (χ2v) is 7.35. The molecule has 2 aliphatic rings. The van der Waals surface area contributed by atoms with Crippen LogP contribution in [-0.2, 0) is 6.42 Å². The minimum atomic E-state index is -0.568. The Kier molecular flexibility index (Phi) is 5.07. The molecule has 7 heteroatoms. The number of nitrogens with two attached hydrogens (primary N) is 1. The lowest BCUT2D eigenvalue weighted by Gasteiger charge is -2.30. The van der Waals surface area contributed by atoms with Crippen molar-refractivity contribution in [2.75, 3.05) is 6.54 Å². The molecule has 4 N–H and O–H groups in total. The van der Waals surface area contributed by atoms with Gasteiger partial charge in [0.2, 0.25) is 5.91 Å². The minimum absolute atomic E-state index is 0.160. The van der Waals surface area contributed by atoms with Crippen molar-refractivity contribution in [3.8, 4) is 0 Å². The maximum Gasteiger partial charge on any atom is 0.248 e. The number of nitrogens with one attached hydrogen (secondary N) is 2. The number of benzene rings is 2. The highest BCUT2D eigenvalue weighted by molar-refractivity contribution is 5.93. The first-order chi connectivity index (χ1) is 13.9. The molecular formula is C22H22F2N4O. The van der Waals surface area contributed by atoms with E-state index >= 15 is 0 Å². The Morgan fingerprint density at radius 3 is 2.76 bits per heavy atom. The molecule has 2 heterocycles. The molecule has 0 bridgehead atoms. The zero-order valence-corrected chi connectivity index (χ0v) is 16.0. The molecule has 1 unspecified atom stereocenters. The largest absolute Gasteiger partial charge is 0.366 e. The highest BCUT2D eigenvalue weighted by Gasteiger charge is 2.31. The monoisotopic (exact) mass is 396 g/mol. The van der Waals surface area contributed by atoms with Gasteiger partial charge >= 0.3 is 0 Å². The predicted molar refractivity (Wildman–Crippen MR) is 106 cm³/mol. The molecule has 0 aliphatic carbocycles. The van der Waals surface area contributed by atoms with Crippen molar-refractivity contribution in [3.05, 3.63) is 93.8 Å². The van der Waals surface area contributed by atoms with E-state index in [9.17, 15) is 13.6 Å². The summed E-state index contributed by atoms with van der Waals surface area (Å²) < 4.78 is 27.0. The molecule has 1 amide bonds. The normalized spacial score (nSPS) is 18.0. The van der Waals surface area contributed by atoms with Crippen molar-refractivity contribution in [2.45, 2.75) is 25.9 Å². The lowest BCUT2D eigenvalue weighted by molar-refractivity contribution is 0.1000. The number of rotatable bonds is 5. The number of hydrogen-bond acceptors (Lipinski definition) is 4. The summed E-state index contributed by atoms with van der Waals surface area (Å²) in [5.74, 6) is -0.621. The molecule has 4 rings (SSSR count). The first-order valence-electron chi connectivity index (χ1n) is 9.44. The third kappa shape index (κ3) is 3.86. The highest BCUT2D eigenvalue weighted by atomic mass is 19.1. The van der Waals surface area contributed by atoms with Crippen molar-refractivity contribution < 1.29 is 13.6 Å². The van der Waals surface area contributed by atoms with Crippen molar-refractivity contribution in [1.29, 1.82) is 0 Å². The summed E-state index contributed by atoms with van der Waals surface area (Å²) >= 11 is 0. The van der Waals surface area contributed by atoms with Gasteiger partial charge in [0.05, 0.1) is 0 Å². The summed E-state index contributed by atoms with van der Waals surface area (Å²) in [6.45, 7) is 2.64. The first kappa shape index (κ1) is 19.1. The van der Waals surface area contributed by atoms with Crippen LogP contribution in [0, 0.1) is 18.6 Å². The van der Waals surface area contributed by atoms with Crippen molar-refractivity contribution >= 4 is 5.91 Å². The summed E-state index contributed by atoms with van der Waals surface area (Å²) in [7, 11) is 0. The van der Waals surface area contributed by atoms with Crippen LogP contribution < -0.4 is 16.6 Å². The molecular weight excluding hydrogens is 374 g/mol. The molecule has 0 aromatic heterocycles. The van der Waals surface area contributed by atoms with Gasteiger partial charge in [0.25, 0.3) is 0 Å². The fourth-order valence-electron chi connectivity index (χ4n) is 3.73. The fourth-order valence-corrected chi connectivity index (χ4v) is 3.73. The van der Waals surface area contributed by atoms with Gasteiger partial charge in [0.15, 0.2) is 0 Å². The Morgan fingerprint density at radius 1 is 1.17 bits per heavy atom. The third-order valence-electron chi connectivity index (χ3n) is 5.40. The van der Waals surface area contributed by atoms with E-state index < -0.39 is 17.5 Å². The van der Waals surface area contributed by atoms with E-state index in [1.54, 1.807) is 6.07 Å². The zero-order chi connectivity index (χ0) is 20.5. The molecule has 0 radical (unpaired) electrons. The number of allylic oxidation sites excluding steroid dienone is 2. The number of amides is 1. The molecule has 150 valence electrons. The van der Waals surface area contributed by atoms with Gasteiger partial charge in [0.1, 0.15) is 23.6 Å². The van der Waals surface area contributed by atoms with Gasteiger partial charge in [-0.1, -0.05) is 23.8 Å². The van der Waals surface area contributed by atoms with Crippen LogP contribution in [0.15, 0.2) is 59.9 Å². The van der Waals surface area contributed by atoms with E-state index in [1.165, 1.54) is 12.1 Å². The lowest BCUT2D eigenvalue weighted by atomic mass is 9.99. The molecule has 29 heavy (non-hydrogen) atoms.